The Hall–Kier alpha value is -3.79. The Balaban J connectivity index is 1.68. The van der Waals surface area contributed by atoms with Gasteiger partial charge in [-0.05, 0) is 55.5 Å². The third-order valence-electron chi connectivity index (χ3n) is 5.81. The summed E-state index contributed by atoms with van der Waals surface area (Å²) >= 11 is 1.42. The summed E-state index contributed by atoms with van der Waals surface area (Å²) in [6.45, 7) is 5.78. The highest BCUT2D eigenvalue weighted by molar-refractivity contribution is 8.16. The van der Waals surface area contributed by atoms with E-state index in [0.29, 0.717) is 34.5 Å². The number of thioether (sulfide) groups is 1. The summed E-state index contributed by atoms with van der Waals surface area (Å²) in [6.07, 6.45) is 3.20. The average Bonchev–Trinajstić information content (AvgIpc) is 3.27. The Kier molecular flexibility index (Phi) is 8.17. The molecule has 2 aliphatic heterocycles. The van der Waals surface area contributed by atoms with Gasteiger partial charge < -0.3 is 24.4 Å². The summed E-state index contributed by atoms with van der Waals surface area (Å²) in [5.41, 5.74) is 3.35. The topological polar surface area (TPSA) is 102 Å². The Bertz CT molecular complexity index is 1250. The van der Waals surface area contributed by atoms with Crippen LogP contribution in [0.3, 0.4) is 0 Å². The molecule has 1 unspecified atom stereocenters. The van der Waals surface area contributed by atoms with E-state index in [1.54, 1.807) is 53.5 Å². The second kappa shape index (κ2) is 11.5. The zero-order chi connectivity index (χ0) is 26.5. The van der Waals surface area contributed by atoms with Crippen molar-refractivity contribution in [1.29, 1.82) is 0 Å². The number of hydrogen-bond acceptors (Lipinski definition) is 9. The third-order valence-corrected chi connectivity index (χ3v) is 6.70. The Morgan fingerprint density at radius 2 is 1.89 bits per heavy atom. The van der Waals surface area contributed by atoms with E-state index in [1.807, 2.05) is 34.6 Å². The van der Waals surface area contributed by atoms with Crippen molar-refractivity contribution in [2.45, 2.75) is 45.9 Å². The molecule has 10 heteroatoms. The number of nitrogens with one attached hydrogen (secondary N) is 1. The molecule has 0 fully saturated rings. The Morgan fingerprint density at radius 1 is 1.16 bits per heavy atom. The van der Waals surface area contributed by atoms with Crippen LogP contribution in [0, 0.1) is 0 Å². The molecule has 0 radical (unpaired) electrons. The summed E-state index contributed by atoms with van der Waals surface area (Å²) in [4.78, 5) is 37.0. The van der Waals surface area contributed by atoms with E-state index >= 15 is 0 Å². The van der Waals surface area contributed by atoms with Gasteiger partial charge in [0.15, 0.2) is 5.17 Å². The molecular weight excluding hydrogens is 492 g/mol. The smallest absolute Gasteiger partial charge is 0.338 e. The molecular formula is C27H30N4O5S. The van der Waals surface area contributed by atoms with E-state index < -0.39 is 12.0 Å². The molecule has 2 aromatic rings. The largest absolute Gasteiger partial charge is 0.497 e. The molecule has 0 saturated heterocycles. The molecule has 4 rings (SSSR count). The summed E-state index contributed by atoms with van der Waals surface area (Å²) in [7, 11) is 3.15. The van der Waals surface area contributed by atoms with Crippen LogP contribution in [-0.2, 0) is 20.9 Å². The van der Waals surface area contributed by atoms with Gasteiger partial charge in [-0.15, -0.1) is 0 Å². The monoisotopic (exact) mass is 522 g/mol. The zero-order valence-electron chi connectivity index (χ0n) is 21.5. The predicted molar refractivity (Wildman–Crippen MR) is 142 cm³/mol. The summed E-state index contributed by atoms with van der Waals surface area (Å²) in [5, 5.41) is 5.52. The van der Waals surface area contributed by atoms with Crippen LogP contribution in [0.5, 0.6) is 11.5 Å². The molecule has 1 amide bonds. The highest BCUT2D eigenvalue weighted by atomic mass is 32.2. The molecule has 3 heterocycles. The maximum absolute atomic E-state index is 13.3. The van der Waals surface area contributed by atoms with Gasteiger partial charge in [-0.3, -0.25) is 9.78 Å². The summed E-state index contributed by atoms with van der Waals surface area (Å²) in [6, 6.07) is 8.62. The van der Waals surface area contributed by atoms with Crippen molar-refractivity contribution < 1.29 is 23.8 Å². The van der Waals surface area contributed by atoms with Crippen molar-refractivity contribution in [2.24, 2.45) is 4.99 Å². The number of benzene rings is 1. The molecule has 0 bridgehead atoms. The van der Waals surface area contributed by atoms with E-state index in [2.05, 4.69) is 10.3 Å². The second-order valence-corrected chi connectivity index (χ2v) is 9.64. The molecule has 194 valence electrons. The van der Waals surface area contributed by atoms with Crippen LogP contribution in [0.1, 0.15) is 44.4 Å². The lowest BCUT2D eigenvalue weighted by Gasteiger charge is -2.36. The Labute approximate surface area is 220 Å². The molecule has 1 N–H and O–H groups in total. The first-order valence-electron chi connectivity index (χ1n) is 11.8. The van der Waals surface area contributed by atoms with E-state index in [4.69, 9.17) is 19.2 Å². The lowest BCUT2D eigenvalue weighted by Crippen LogP contribution is -2.38. The van der Waals surface area contributed by atoms with Crippen molar-refractivity contribution >= 4 is 28.8 Å². The molecule has 37 heavy (non-hydrogen) atoms. The molecule has 1 aromatic carbocycles. The molecule has 1 atom stereocenters. The van der Waals surface area contributed by atoms with Crippen molar-refractivity contribution in [3.63, 3.8) is 0 Å². The first-order valence-corrected chi connectivity index (χ1v) is 12.7. The van der Waals surface area contributed by atoms with Crippen molar-refractivity contribution in [3.8, 4) is 11.5 Å². The molecule has 2 aliphatic rings. The van der Waals surface area contributed by atoms with Crippen LogP contribution in [0.4, 0.5) is 0 Å². The quantitative estimate of drug-likeness (QED) is 0.486. The number of carbonyl (C=O) groups is 2. The maximum atomic E-state index is 13.3. The van der Waals surface area contributed by atoms with Crippen molar-refractivity contribution in [2.75, 3.05) is 14.2 Å². The number of nitrogens with zero attached hydrogens (tertiary/aromatic N) is 3. The van der Waals surface area contributed by atoms with Crippen LogP contribution in [0.2, 0.25) is 0 Å². The van der Waals surface area contributed by atoms with Gasteiger partial charge in [-0.2, -0.15) is 0 Å². The van der Waals surface area contributed by atoms with Gasteiger partial charge in [0.1, 0.15) is 11.5 Å². The van der Waals surface area contributed by atoms with Gasteiger partial charge in [-0.1, -0.05) is 17.8 Å². The number of allylic oxidation sites excluding steroid dienone is 1. The lowest BCUT2D eigenvalue weighted by atomic mass is 9.93. The van der Waals surface area contributed by atoms with Gasteiger partial charge in [0, 0.05) is 30.7 Å². The van der Waals surface area contributed by atoms with E-state index in [1.165, 1.54) is 11.8 Å². The number of ether oxygens (including phenoxy) is 3. The lowest BCUT2D eigenvalue weighted by molar-refractivity contribution is -0.143. The molecule has 1 aromatic heterocycles. The van der Waals surface area contributed by atoms with Gasteiger partial charge in [0.2, 0.25) is 5.91 Å². The van der Waals surface area contributed by atoms with Crippen molar-refractivity contribution in [1.82, 2.24) is 15.2 Å². The van der Waals surface area contributed by atoms with Crippen LogP contribution < -0.4 is 14.8 Å². The van der Waals surface area contributed by atoms with Gasteiger partial charge in [0.25, 0.3) is 0 Å². The summed E-state index contributed by atoms with van der Waals surface area (Å²) in [5.74, 6) is 0.550. The van der Waals surface area contributed by atoms with Gasteiger partial charge in [0.05, 0.1) is 44.1 Å². The minimum absolute atomic E-state index is 0.107. The van der Waals surface area contributed by atoms with Crippen LogP contribution in [-0.4, -0.2) is 47.3 Å². The van der Waals surface area contributed by atoms with E-state index in [9.17, 15) is 9.59 Å². The number of carbonyl (C=O) groups excluding carboxylic acids is 2. The highest BCUT2D eigenvalue weighted by Gasteiger charge is 2.41. The fraction of sp³-hybridized carbons (Fsp3) is 0.333. The Morgan fingerprint density at radius 3 is 2.51 bits per heavy atom. The van der Waals surface area contributed by atoms with E-state index in [0.717, 1.165) is 16.8 Å². The number of aliphatic imine (C=N–C) groups is 1. The number of amidine groups is 1. The van der Waals surface area contributed by atoms with E-state index in [-0.39, 0.29) is 18.4 Å². The third kappa shape index (κ3) is 5.96. The minimum atomic E-state index is -0.588. The fourth-order valence-electron chi connectivity index (χ4n) is 4.14. The number of pyridine rings is 1. The number of methoxy groups -OCH3 is 2. The maximum Gasteiger partial charge on any atom is 0.338 e. The standard InChI is InChI=1S/C27H30N4O5S/c1-16(2)36-26(33)24-17(3)30-27-31(25(24)19-9-21(34-4)12-22(10-19)35-5)20(15-37-27)11-23(32)29-14-18-7-6-8-28-13-18/h6-10,12-13,15-16,25H,11,14H2,1-5H3,(H,29,32). The second-order valence-electron chi connectivity index (χ2n) is 8.81. The first kappa shape index (κ1) is 26.3. The number of amides is 1. The summed E-state index contributed by atoms with van der Waals surface area (Å²) < 4.78 is 16.6. The highest BCUT2D eigenvalue weighted by Crippen LogP contribution is 2.46. The van der Waals surface area contributed by atoms with Crippen LogP contribution >= 0.6 is 11.8 Å². The molecule has 0 spiro atoms. The van der Waals surface area contributed by atoms with Gasteiger partial charge in [-0.25, -0.2) is 9.79 Å². The molecule has 0 saturated carbocycles. The molecule has 0 aliphatic carbocycles. The zero-order valence-corrected chi connectivity index (χ0v) is 22.3. The SMILES string of the molecule is COc1cc(OC)cc(C2C(C(=O)OC(C)C)=C(C)N=C3SC=C(CC(=O)NCc4cccnc4)N32)c1. The number of fused-ring (bicyclic) bond motifs is 1. The van der Waals surface area contributed by atoms with Crippen LogP contribution in [0.25, 0.3) is 0 Å². The normalized spacial score (nSPS) is 16.7. The minimum Gasteiger partial charge on any atom is -0.497 e. The van der Waals surface area contributed by atoms with Crippen molar-refractivity contribution in [3.05, 3.63) is 76.2 Å². The average molecular weight is 523 g/mol. The fourth-order valence-corrected chi connectivity index (χ4v) is 5.11. The van der Waals surface area contributed by atoms with Crippen LogP contribution in [0.15, 0.2) is 70.1 Å². The van der Waals surface area contributed by atoms with Gasteiger partial charge >= 0.3 is 5.97 Å². The first-order chi connectivity index (χ1) is 17.8. The number of hydrogen-bond donors (Lipinski definition) is 1. The number of esters is 1. The number of aromatic nitrogens is 1. The number of rotatable bonds is 9. The predicted octanol–water partition coefficient (Wildman–Crippen LogP) is 4.33. The molecule has 9 nitrogen and oxygen atoms in total.